The molecule has 2 aromatic rings. The smallest absolute Gasteiger partial charge is 0.255 e. The fraction of sp³-hybridized carbons (Fsp3) is 0.231. The third kappa shape index (κ3) is 3.33. The molecule has 1 atom stereocenters. The number of aliphatic hydroxyl groups excluding tert-OH is 1. The summed E-state index contributed by atoms with van der Waals surface area (Å²) in [5.74, 6) is -0.276. The van der Waals surface area contributed by atoms with Crippen molar-refractivity contribution >= 4 is 17.5 Å². The summed E-state index contributed by atoms with van der Waals surface area (Å²) in [7, 11) is 1.74. The molecule has 0 saturated carbocycles. The minimum Gasteiger partial charge on any atom is -0.394 e. The molecule has 1 unspecified atom stereocenters. The Morgan fingerprint density at radius 1 is 1.47 bits per heavy atom. The summed E-state index contributed by atoms with van der Waals surface area (Å²) < 4.78 is 1.55. The fourth-order valence-electron chi connectivity index (χ4n) is 1.71. The monoisotopic (exact) mass is 279 g/mol. The molecule has 0 bridgehead atoms. The number of rotatable bonds is 4. The Balaban J connectivity index is 2.11. The van der Waals surface area contributed by atoms with Gasteiger partial charge in [0.25, 0.3) is 5.91 Å². The van der Waals surface area contributed by atoms with Crippen molar-refractivity contribution in [3.63, 3.8) is 0 Å². The number of carbonyl (C=O) groups excluding carboxylic acids is 1. The summed E-state index contributed by atoms with van der Waals surface area (Å²) in [6.45, 7) is -0.187. The van der Waals surface area contributed by atoms with Crippen molar-refractivity contribution in [1.82, 2.24) is 15.1 Å². The van der Waals surface area contributed by atoms with Gasteiger partial charge in [-0.15, -0.1) is 0 Å². The largest absolute Gasteiger partial charge is 0.394 e. The number of hydrogen-bond acceptors (Lipinski definition) is 3. The quantitative estimate of drug-likeness (QED) is 0.892. The summed E-state index contributed by atoms with van der Waals surface area (Å²) in [5, 5.41) is 16.7. The lowest BCUT2D eigenvalue weighted by Gasteiger charge is -2.16. The molecule has 2 N–H and O–H groups in total. The van der Waals surface area contributed by atoms with Crippen LogP contribution in [0.4, 0.5) is 0 Å². The zero-order chi connectivity index (χ0) is 13.8. The molecular formula is C13H14ClN3O2. The van der Waals surface area contributed by atoms with Crippen LogP contribution in [0.2, 0.25) is 5.02 Å². The average molecular weight is 280 g/mol. The molecule has 19 heavy (non-hydrogen) atoms. The summed E-state index contributed by atoms with van der Waals surface area (Å²) >= 11 is 5.80. The van der Waals surface area contributed by atoms with Gasteiger partial charge < -0.3 is 10.4 Å². The molecule has 0 fully saturated rings. The minimum atomic E-state index is -0.468. The van der Waals surface area contributed by atoms with Gasteiger partial charge in [0.05, 0.1) is 24.4 Å². The van der Waals surface area contributed by atoms with Crippen molar-refractivity contribution in [1.29, 1.82) is 0 Å². The zero-order valence-electron chi connectivity index (χ0n) is 10.4. The lowest BCUT2D eigenvalue weighted by atomic mass is 10.1. The molecule has 0 radical (unpaired) electrons. The maximum Gasteiger partial charge on any atom is 0.255 e. The number of aromatic nitrogens is 2. The van der Waals surface area contributed by atoms with Gasteiger partial charge in [-0.05, 0) is 17.7 Å². The molecule has 0 spiro atoms. The van der Waals surface area contributed by atoms with Crippen LogP contribution in [0.3, 0.4) is 0 Å². The number of amides is 1. The summed E-state index contributed by atoms with van der Waals surface area (Å²) in [5.41, 5.74) is 1.25. The first-order valence-corrected chi connectivity index (χ1v) is 6.14. The Morgan fingerprint density at radius 2 is 2.16 bits per heavy atom. The highest BCUT2D eigenvalue weighted by atomic mass is 35.5. The van der Waals surface area contributed by atoms with Crippen LogP contribution in [0.15, 0.2) is 36.7 Å². The predicted octanol–water partition coefficient (Wildman–Crippen LogP) is 1.54. The van der Waals surface area contributed by atoms with Crippen molar-refractivity contribution in [2.24, 2.45) is 7.05 Å². The Morgan fingerprint density at radius 3 is 2.68 bits per heavy atom. The molecule has 100 valence electrons. The van der Waals surface area contributed by atoms with Crippen molar-refractivity contribution in [2.75, 3.05) is 6.61 Å². The predicted molar refractivity (Wildman–Crippen MR) is 72.0 cm³/mol. The van der Waals surface area contributed by atoms with E-state index in [1.165, 1.54) is 6.20 Å². The third-order valence-electron chi connectivity index (χ3n) is 2.73. The molecule has 1 amide bonds. The highest BCUT2D eigenvalue weighted by Gasteiger charge is 2.15. The van der Waals surface area contributed by atoms with Gasteiger partial charge in [-0.3, -0.25) is 9.48 Å². The van der Waals surface area contributed by atoms with Crippen LogP contribution in [-0.4, -0.2) is 27.4 Å². The Hall–Kier alpha value is -1.85. The second-order valence-corrected chi connectivity index (χ2v) is 4.60. The Kier molecular flexibility index (Phi) is 4.19. The van der Waals surface area contributed by atoms with Crippen LogP contribution < -0.4 is 5.32 Å². The number of benzene rings is 1. The van der Waals surface area contributed by atoms with Gasteiger partial charge in [-0.25, -0.2) is 0 Å². The molecule has 6 heteroatoms. The number of aryl methyl sites for hydroxylation is 1. The van der Waals surface area contributed by atoms with Crippen LogP contribution in [0.5, 0.6) is 0 Å². The number of hydrogen-bond donors (Lipinski definition) is 2. The molecular weight excluding hydrogens is 266 g/mol. The van der Waals surface area contributed by atoms with Crippen LogP contribution in [0, 0.1) is 0 Å². The van der Waals surface area contributed by atoms with Crippen LogP contribution in [0.1, 0.15) is 22.0 Å². The summed E-state index contributed by atoms with van der Waals surface area (Å²) in [6, 6.07) is 6.51. The van der Waals surface area contributed by atoms with Crippen molar-refractivity contribution in [2.45, 2.75) is 6.04 Å². The number of aliphatic hydroxyl groups is 1. The topological polar surface area (TPSA) is 67.2 Å². The van der Waals surface area contributed by atoms with E-state index in [2.05, 4.69) is 10.4 Å². The first-order valence-electron chi connectivity index (χ1n) is 5.76. The third-order valence-corrected chi connectivity index (χ3v) is 2.98. The van der Waals surface area contributed by atoms with E-state index in [-0.39, 0.29) is 12.5 Å². The average Bonchev–Trinajstić information content (AvgIpc) is 2.84. The molecule has 0 saturated heterocycles. The highest BCUT2D eigenvalue weighted by Crippen LogP contribution is 2.16. The van der Waals surface area contributed by atoms with Crippen molar-refractivity contribution in [3.05, 3.63) is 52.8 Å². The molecule has 0 aliphatic rings. The number of nitrogens with one attached hydrogen (secondary N) is 1. The molecule has 1 heterocycles. The second kappa shape index (κ2) is 5.86. The van der Waals surface area contributed by atoms with E-state index in [0.717, 1.165) is 5.56 Å². The normalized spacial score (nSPS) is 12.2. The van der Waals surface area contributed by atoms with E-state index in [1.807, 2.05) is 0 Å². The highest BCUT2D eigenvalue weighted by molar-refractivity contribution is 6.30. The van der Waals surface area contributed by atoms with Crippen LogP contribution in [-0.2, 0) is 7.05 Å². The lowest BCUT2D eigenvalue weighted by molar-refractivity contribution is 0.0916. The zero-order valence-corrected chi connectivity index (χ0v) is 11.1. The fourth-order valence-corrected chi connectivity index (χ4v) is 1.84. The minimum absolute atomic E-state index is 0.187. The number of carbonyl (C=O) groups is 1. The first-order chi connectivity index (χ1) is 9.10. The summed E-state index contributed by atoms with van der Waals surface area (Å²) in [4.78, 5) is 12.0. The van der Waals surface area contributed by atoms with Crippen molar-refractivity contribution < 1.29 is 9.90 Å². The van der Waals surface area contributed by atoms with Gasteiger partial charge in [-0.1, -0.05) is 23.7 Å². The SMILES string of the molecule is Cn1cc(C(=O)NC(CO)c2ccc(Cl)cc2)cn1. The van der Waals surface area contributed by atoms with E-state index in [0.29, 0.717) is 10.6 Å². The number of halogens is 1. The van der Waals surface area contributed by atoms with Gasteiger partial charge >= 0.3 is 0 Å². The Labute approximate surface area is 115 Å². The summed E-state index contributed by atoms with van der Waals surface area (Å²) in [6.07, 6.45) is 3.09. The standard InChI is InChI=1S/C13H14ClN3O2/c1-17-7-10(6-15-17)13(19)16-12(8-18)9-2-4-11(14)5-3-9/h2-7,12,18H,8H2,1H3,(H,16,19). The molecule has 0 aliphatic heterocycles. The molecule has 2 rings (SSSR count). The molecule has 1 aromatic heterocycles. The van der Waals surface area contributed by atoms with E-state index in [4.69, 9.17) is 11.6 Å². The van der Waals surface area contributed by atoms with Gasteiger partial charge in [-0.2, -0.15) is 5.10 Å². The maximum absolute atomic E-state index is 12.0. The van der Waals surface area contributed by atoms with Crippen LogP contribution in [0.25, 0.3) is 0 Å². The van der Waals surface area contributed by atoms with Gasteiger partial charge in [0.15, 0.2) is 0 Å². The molecule has 5 nitrogen and oxygen atoms in total. The van der Waals surface area contributed by atoms with Gasteiger partial charge in [0.1, 0.15) is 0 Å². The molecule has 0 aliphatic carbocycles. The van der Waals surface area contributed by atoms with Crippen LogP contribution >= 0.6 is 11.6 Å². The van der Waals surface area contributed by atoms with E-state index >= 15 is 0 Å². The van der Waals surface area contributed by atoms with Gasteiger partial charge in [0.2, 0.25) is 0 Å². The molecule has 1 aromatic carbocycles. The van der Waals surface area contributed by atoms with Crippen molar-refractivity contribution in [3.8, 4) is 0 Å². The second-order valence-electron chi connectivity index (χ2n) is 4.16. The lowest BCUT2D eigenvalue weighted by Crippen LogP contribution is -2.30. The van der Waals surface area contributed by atoms with E-state index in [9.17, 15) is 9.90 Å². The maximum atomic E-state index is 12.0. The van der Waals surface area contributed by atoms with Gasteiger partial charge in [0, 0.05) is 18.3 Å². The number of nitrogens with zero attached hydrogens (tertiary/aromatic N) is 2. The van der Waals surface area contributed by atoms with E-state index in [1.54, 1.807) is 42.2 Å². The first kappa shape index (κ1) is 13.6. The Bertz CT molecular complexity index is 566. The van der Waals surface area contributed by atoms with E-state index < -0.39 is 6.04 Å².